The third-order valence-electron chi connectivity index (χ3n) is 3.90. The summed E-state index contributed by atoms with van der Waals surface area (Å²) in [6, 6.07) is 11.1. The van der Waals surface area contributed by atoms with Crippen LogP contribution >= 0.6 is 0 Å². The first-order chi connectivity index (χ1) is 14.1. The molecular weight excluding hydrogens is 416 g/mol. The number of nitrogen functional groups attached to an aromatic ring is 1. The molecule has 1 aromatic heterocycles. The molecular formula is C17H14N6O6S. The summed E-state index contributed by atoms with van der Waals surface area (Å²) in [7, 11) is -4.46. The molecule has 1 heterocycles. The normalized spacial score (nSPS) is 11.6. The molecule has 12 nitrogen and oxygen atoms in total. The van der Waals surface area contributed by atoms with Crippen molar-refractivity contribution < 1.29 is 23.6 Å². The lowest BCUT2D eigenvalue weighted by Gasteiger charge is -2.13. The van der Waals surface area contributed by atoms with E-state index in [9.17, 15) is 28.7 Å². The number of primary sulfonamides is 1. The molecule has 0 radical (unpaired) electrons. The minimum absolute atomic E-state index is 0.148. The highest BCUT2D eigenvalue weighted by atomic mass is 32.2. The van der Waals surface area contributed by atoms with E-state index in [1.165, 1.54) is 12.1 Å². The second-order valence-corrected chi connectivity index (χ2v) is 7.41. The molecule has 3 rings (SSSR count). The molecule has 3 aromatic rings. The van der Waals surface area contributed by atoms with Crippen molar-refractivity contribution >= 4 is 33.0 Å². The van der Waals surface area contributed by atoms with Crippen molar-refractivity contribution in [2.24, 2.45) is 15.4 Å². The zero-order valence-corrected chi connectivity index (χ0v) is 15.8. The molecule has 0 fully saturated rings. The van der Waals surface area contributed by atoms with E-state index in [-0.39, 0.29) is 22.8 Å². The number of sulfonamides is 1. The van der Waals surface area contributed by atoms with Crippen molar-refractivity contribution in [3.63, 3.8) is 0 Å². The van der Waals surface area contributed by atoms with E-state index in [1.807, 2.05) is 0 Å². The molecule has 0 aliphatic heterocycles. The van der Waals surface area contributed by atoms with E-state index in [0.29, 0.717) is 5.56 Å². The number of hydrogen-bond acceptors (Lipinski definition) is 10. The van der Waals surface area contributed by atoms with Crippen LogP contribution in [0.1, 0.15) is 0 Å². The van der Waals surface area contributed by atoms with Gasteiger partial charge in [0.1, 0.15) is 16.3 Å². The summed E-state index contributed by atoms with van der Waals surface area (Å²) in [5, 5.41) is 43.8. The third-order valence-corrected chi connectivity index (χ3v) is 4.87. The number of hydrogen-bond donors (Lipinski definition) is 4. The monoisotopic (exact) mass is 430 g/mol. The zero-order chi connectivity index (χ0) is 22.1. The van der Waals surface area contributed by atoms with Gasteiger partial charge < -0.3 is 15.9 Å². The standard InChI is InChI=1S/C17H14N6O6S/c18-16-14(25)15(30(19,28)29)13(9-4-2-1-3-5-9)17(20-16)22-21-11-7-6-10(23(26)27)8-12(11)24/h1-8,24-25H,(H2,18,20)(H2,19,28,29). The van der Waals surface area contributed by atoms with Crippen LogP contribution in [-0.4, -0.2) is 28.5 Å². The summed E-state index contributed by atoms with van der Waals surface area (Å²) >= 11 is 0. The number of benzene rings is 2. The van der Waals surface area contributed by atoms with Gasteiger partial charge >= 0.3 is 0 Å². The number of phenols is 1. The average molecular weight is 430 g/mol. The number of anilines is 1. The van der Waals surface area contributed by atoms with Gasteiger partial charge in [0.05, 0.1) is 16.6 Å². The number of pyridine rings is 1. The Morgan fingerprint density at radius 2 is 1.73 bits per heavy atom. The van der Waals surface area contributed by atoms with E-state index in [0.717, 1.165) is 18.2 Å². The Hall–Kier alpha value is -4.10. The largest absolute Gasteiger partial charge is 0.505 e. The number of nitro groups is 1. The summed E-state index contributed by atoms with van der Waals surface area (Å²) < 4.78 is 24.3. The van der Waals surface area contributed by atoms with Gasteiger partial charge in [-0.15, -0.1) is 10.2 Å². The number of nitrogens with two attached hydrogens (primary N) is 2. The summed E-state index contributed by atoms with van der Waals surface area (Å²) in [4.78, 5) is 13.3. The Labute approximate surface area is 169 Å². The van der Waals surface area contributed by atoms with Gasteiger partial charge in [-0.1, -0.05) is 30.3 Å². The zero-order valence-electron chi connectivity index (χ0n) is 15.0. The molecule has 0 aliphatic rings. The molecule has 0 saturated carbocycles. The lowest BCUT2D eigenvalue weighted by atomic mass is 10.1. The van der Waals surface area contributed by atoms with Crippen molar-refractivity contribution in [3.05, 3.63) is 58.6 Å². The summed E-state index contributed by atoms with van der Waals surface area (Å²) in [5.74, 6) is -2.24. The first-order valence-electron chi connectivity index (χ1n) is 8.09. The van der Waals surface area contributed by atoms with E-state index >= 15 is 0 Å². The topological polar surface area (TPSA) is 207 Å². The second kappa shape index (κ2) is 7.73. The fourth-order valence-corrected chi connectivity index (χ4v) is 3.45. The van der Waals surface area contributed by atoms with Gasteiger partial charge in [0, 0.05) is 6.07 Å². The molecule has 30 heavy (non-hydrogen) atoms. The van der Waals surface area contributed by atoms with Crippen molar-refractivity contribution in [1.82, 2.24) is 4.98 Å². The highest BCUT2D eigenvalue weighted by Gasteiger charge is 2.27. The second-order valence-electron chi connectivity index (χ2n) is 5.91. The van der Waals surface area contributed by atoms with Gasteiger partial charge in [-0.05, 0) is 11.6 Å². The van der Waals surface area contributed by atoms with Crippen molar-refractivity contribution in [2.75, 3.05) is 5.73 Å². The predicted molar refractivity (Wildman–Crippen MR) is 106 cm³/mol. The van der Waals surface area contributed by atoms with Gasteiger partial charge in [-0.2, -0.15) is 0 Å². The molecule has 0 atom stereocenters. The first-order valence-corrected chi connectivity index (χ1v) is 9.64. The summed E-state index contributed by atoms with van der Waals surface area (Å²) in [6.07, 6.45) is 0. The van der Waals surface area contributed by atoms with Crippen LogP contribution in [0.15, 0.2) is 63.7 Å². The average Bonchev–Trinajstić information content (AvgIpc) is 2.68. The van der Waals surface area contributed by atoms with Crippen LogP contribution in [0.3, 0.4) is 0 Å². The lowest BCUT2D eigenvalue weighted by Crippen LogP contribution is -2.15. The molecule has 6 N–H and O–H groups in total. The van der Waals surface area contributed by atoms with Gasteiger partial charge in [-0.3, -0.25) is 10.1 Å². The van der Waals surface area contributed by atoms with E-state index in [1.54, 1.807) is 18.2 Å². The Bertz CT molecular complexity index is 1280. The van der Waals surface area contributed by atoms with Gasteiger partial charge in [0.2, 0.25) is 10.0 Å². The maximum Gasteiger partial charge on any atom is 0.273 e. The van der Waals surface area contributed by atoms with Crippen LogP contribution in [0.4, 0.5) is 23.0 Å². The molecule has 0 amide bonds. The number of nitro benzene ring substituents is 1. The summed E-state index contributed by atoms with van der Waals surface area (Å²) in [6.45, 7) is 0. The van der Waals surface area contributed by atoms with Crippen LogP contribution in [0.25, 0.3) is 11.1 Å². The molecule has 0 spiro atoms. The minimum Gasteiger partial charge on any atom is -0.505 e. The third kappa shape index (κ3) is 4.01. The number of aromatic hydroxyl groups is 2. The van der Waals surface area contributed by atoms with E-state index in [4.69, 9.17) is 10.9 Å². The number of non-ortho nitro benzene ring substituents is 1. The molecule has 13 heteroatoms. The lowest BCUT2D eigenvalue weighted by molar-refractivity contribution is -0.384. The molecule has 0 aliphatic carbocycles. The van der Waals surface area contributed by atoms with Gasteiger partial charge in [0.15, 0.2) is 17.4 Å². The SMILES string of the molecule is Nc1nc(N=Nc2ccc([N+](=O)[O-])cc2O)c(-c2ccccc2)c(S(N)(=O)=O)c1O. The van der Waals surface area contributed by atoms with Crippen LogP contribution in [0.2, 0.25) is 0 Å². The first kappa shape index (κ1) is 20.6. The van der Waals surface area contributed by atoms with Crippen LogP contribution in [0.5, 0.6) is 11.5 Å². The molecule has 154 valence electrons. The predicted octanol–water partition coefficient (Wildman–Crippen LogP) is 2.71. The Balaban J connectivity index is 2.24. The number of azo groups is 1. The molecule has 0 unspecified atom stereocenters. The highest BCUT2D eigenvalue weighted by Crippen LogP contribution is 2.43. The van der Waals surface area contributed by atoms with Gasteiger partial charge in [0.25, 0.3) is 5.69 Å². The Kier molecular flexibility index (Phi) is 5.31. The molecule has 0 saturated heterocycles. The molecule has 2 aromatic carbocycles. The van der Waals surface area contributed by atoms with Crippen molar-refractivity contribution in [1.29, 1.82) is 0 Å². The quantitative estimate of drug-likeness (QED) is 0.268. The number of nitrogens with zero attached hydrogens (tertiary/aromatic N) is 4. The summed E-state index contributed by atoms with van der Waals surface area (Å²) in [5.41, 5.74) is 5.24. The number of phenolic OH excluding ortho intramolecular Hbond substituents is 1. The van der Waals surface area contributed by atoms with Crippen LogP contribution in [0, 0.1) is 10.1 Å². The number of rotatable bonds is 5. The number of aromatic nitrogens is 1. The van der Waals surface area contributed by atoms with Crippen LogP contribution in [-0.2, 0) is 10.0 Å². The fourth-order valence-electron chi connectivity index (χ4n) is 2.58. The van der Waals surface area contributed by atoms with E-state index < -0.39 is 37.2 Å². The van der Waals surface area contributed by atoms with Crippen LogP contribution < -0.4 is 10.9 Å². The Morgan fingerprint density at radius 3 is 2.30 bits per heavy atom. The van der Waals surface area contributed by atoms with Crippen molar-refractivity contribution in [3.8, 4) is 22.6 Å². The van der Waals surface area contributed by atoms with Crippen molar-refractivity contribution in [2.45, 2.75) is 4.90 Å². The molecule has 0 bridgehead atoms. The highest BCUT2D eigenvalue weighted by molar-refractivity contribution is 7.89. The Morgan fingerprint density at radius 1 is 1.07 bits per heavy atom. The maximum atomic E-state index is 12.1. The van der Waals surface area contributed by atoms with Gasteiger partial charge in [-0.25, -0.2) is 18.5 Å². The van der Waals surface area contributed by atoms with E-state index in [2.05, 4.69) is 15.2 Å². The minimum atomic E-state index is -4.46. The smallest absolute Gasteiger partial charge is 0.273 e. The fraction of sp³-hybridized carbons (Fsp3) is 0. The maximum absolute atomic E-state index is 12.1.